The Morgan fingerprint density at radius 1 is 1.38 bits per heavy atom. The summed E-state index contributed by atoms with van der Waals surface area (Å²) in [5.74, 6) is 0. The van der Waals surface area contributed by atoms with Gasteiger partial charge in [0.1, 0.15) is 6.07 Å². The Balaban J connectivity index is 2.82. The van der Waals surface area contributed by atoms with Gasteiger partial charge in [0.15, 0.2) is 5.65 Å². The Labute approximate surface area is 94.5 Å². The van der Waals surface area contributed by atoms with Gasteiger partial charge in [0.2, 0.25) is 0 Å². The molecule has 0 amide bonds. The average Bonchev–Trinajstić information content (AvgIpc) is 2.55. The fourth-order valence-electron chi connectivity index (χ4n) is 1.76. The minimum Gasteiger partial charge on any atom is -0.250 e. The fraction of sp³-hybridized carbons (Fsp3) is 0.417. The Morgan fingerprint density at radius 2 is 2.06 bits per heavy atom. The van der Waals surface area contributed by atoms with Crippen molar-refractivity contribution in [3.05, 3.63) is 23.5 Å². The largest absolute Gasteiger partial charge is 0.250 e. The van der Waals surface area contributed by atoms with Gasteiger partial charge >= 0.3 is 0 Å². The first-order valence-electron chi connectivity index (χ1n) is 5.17. The fourth-order valence-corrected chi connectivity index (χ4v) is 1.76. The summed E-state index contributed by atoms with van der Waals surface area (Å²) in [6, 6.07) is 3.96. The van der Waals surface area contributed by atoms with Gasteiger partial charge in [-0.25, -0.2) is 4.98 Å². The van der Waals surface area contributed by atoms with Gasteiger partial charge < -0.3 is 0 Å². The summed E-state index contributed by atoms with van der Waals surface area (Å²) in [6.45, 7) is 6.31. The number of pyridine rings is 1. The Bertz CT molecular complexity index is 581. The standard InChI is InChI=1S/C12H14N4/c1-12(2,3)10-9-5-8(6-13)7-14-11(9)16(4)15-10/h5,7H,1-4H3. The molecule has 2 heterocycles. The molecule has 0 radical (unpaired) electrons. The van der Waals surface area contributed by atoms with Crippen molar-refractivity contribution in [2.75, 3.05) is 0 Å². The van der Waals surface area contributed by atoms with Gasteiger partial charge in [-0.2, -0.15) is 10.4 Å². The van der Waals surface area contributed by atoms with Crippen LogP contribution in [0.4, 0.5) is 0 Å². The quantitative estimate of drug-likeness (QED) is 0.675. The number of aryl methyl sites for hydroxylation is 1. The molecule has 4 nitrogen and oxygen atoms in total. The lowest BCUT2D eigenvalue weighted by Gasteiger charge is -2.15. The van der Waals surface area contributed by atoms with Crippen molar-refractivity contribution in [1.82, 2.24) is 14.8 Å². The number of hydrogen-bond acceptors (Lipinski definition) is 3. The van der Waals surface area contributed by atoms with Gasteiger partial charge in [0.25, 0.3) is 0 Å². The molecule has 0 atom stereocenters. The van der Waals surface area contributed by atoms with Crippen LogP contribution in [0.3, 0.4) is 0 Å². The van der Waals surface area contributed by atoms with Gasteiger partial charge in [-0.3, -0.25) is 4.68 Å². The SMILES string of the molecule is Cn1nc(C(C)(C)C)c2cc(C#N)cnc21. The lowest BCUT2D eigenvalue weighted by molar-refractivity contribution is 0.558. The molecule has 0 aliphatic carbocycles. The van der Waals surface area contributed by atoms with E-state index in [-0.39, 0.29) is 5.41 Å². The predicted molar refractivity (Wildman–Crippen MR) is 61.9 cm³/mol. The zero-order chi connectivity index (χ0) is 11.9. The lowest BCUT2D eigenvalue weighted by Crippen LogP contribution is -2.12. The van der Waals surface area contributed by atoms with Crippen LogP contribution in [0.1, 0.15) is 32.0 Å². The van der Waals surface area contributed by atoms with Crippen LogP contribution in [0.2, 0.25) is 0 Å². The highest BCUT2D eigenvalue weighted by atomic mass is 15.3. The summed E-state index contributed by atoms with van der Waals surface area (Å²) in [4.78, 5) is 4.26. The van der Waals surface area contributed by atoms with E-state index in [0.717, 1.165) is 16.7 Å². The highest BCUT2D eigenvalue weighted by Crippen LogP contribution is 2.28. The van der Waals surface area contributed by atoms with E-state index in [2.05, 4.69) is 36.9 Å². The van der Waals surface area contributed by atoms with E-state index in [4.69, 9.17) is 5.26 Å². The van der Waals surface area contributed by atoms with Gasteiger partial charge in [-0.15, -0.1) is 0 Å². The lowest BCUT2D eigenvalue weighted by atomic mass is 9.90. The summed E-state index contributed by atoms with van der Waals surface area (Å²) >= 11 is 0. The van der Waals surface area contributed by atoms with E-state index in [1.807, 2.05) is 13.1 Å². The van der Waals surface area contributed by atoms with Gasteiger partial charge in [0.05, 0.1) is 11.3 Å². The average molecular weight is 214 g/mol. The van der Waals surface area contributed by atoms with Gasteiger partial charge in [0, 0.05) is 24.0 Å². The van der Waals surface area contributed by atoms with Gasteiger partial charge in [-0.05, 0) is 6.07 Å². The molecule has 0 saturated heterocycles. The minimum atomic E-state index is -0.0464. The van der Waals surface area contributed by atoms with Crippen LogP contribution in [-0.4, -0.2) is 14.8 Å². The molecular formula is C12H14N4. The maximum absolute atomic E-state index is 8.88. The maximum Gasteiger partial charge on any atom is 0.157 e. The van der Waals surface area contributed by atoms with Crippen LogP contribution < -0.4 is 0 Å². The Kier molecular flexibility index (Phi) is 2.20. The molecule has 0 unspecified atom stereocenters. The van der Waals surface area contributed by atoms with Crippen LogP contribution in [0.15, 0.2) is 12.3 Å². The number of nitrogens with zero attached hydrogens (tertiary/aromatic N) is 4. The van der Waals surface area contributed by atoms with Crippen molar-refractivity contribution < 1.29 is 0 Å². The summed E-state index contributed by atoms with van der Waals surface area (Å²) in [5, 5.41) is 14.3. The smallest absolute Gasteiger partial charge is 0.157 e. The number of fused-ring (bicyclic) bond motifs is 1. The monoisotopic (exact) mass is 214 g/mol. The summed E-state index contributed by atoms with van der Waals surface area (Å²) < 4.78 is 1.76. The molecule has 82 valence electrons. The molecule has 0 aliphatic heterocycles. The van der Waals surface area contributed by atoms with E-state index in [9.17, 15) is 0 Å². The van der Waals surface area contributed by atoms with E-state index in [1.54, 1.807) is 10.9 Å². The van der Waals surface area contributed by atoms with Crippen LogP contribution in [0.5, 0.6) is 0 Å². The van der Waals surface area contributed by atoms with Gasteiger partial charge in [-0.1, -0.05) is 20.8 Å². The van der Waals surface area contributed by atoms with Crippen LogP contribution in [0, 0.1) is 11.3 Å². The minimum absolute atomic E-state index is 0.0464. The zero-order valence-corrected chi connectivity index (χ0v) is 9.94. The highest BCUT2D eigenvalue weighted by molar-refractivity contribution is 5.80. The van der Waals surface area contributed by atoms with E-state index in [1.165, 1.54) is 0 Å². The van der Waals surface area contributed by atoms with E-state index in [0.29, 0.717) is 5.56 Å². The summed E-state index contributed by atoms with van der Waals surface area (Å²) in [7, 11) is 1.87. The number of nitriles is 1. The Hall–Kier alpha value is -1.89. The molecule has 0 spiro atoms. The van der Waals surface area contributed by atoms with Crippen LogP contribution >= 0.6 is 0 Å². The number of rotatable bonds is 0. The number of hydrogen-bond donors (Lipinski definition) is 0. The molecule has 2 aromatic heterocycles. The van der Waals surface area contributed by atoms with Crippen molar-refractivity contribution in [2.24, 2.45) is 7.05 Å². The van der Waals surface area contributed by atoms with E-state index < -0.39 is 0 Å². The van der Waals surface area contributed by atoms with Crippen molar-refractivity contribution in [2.45, 2.75) is 26.2 Å². The molecule has 2 aromatic rings. The third-order valence-electron chi connectivity index (χ3n) is 2.52. The summed E-state index contributed by atoms with van der Waals surface area (Å²) in [5.41, 5.74) is 2.33. The van der Waals surface area contributed by atoms with Crippen molar-refractivity contribution in [3.63, 3.8) is 0 Å². The van der Waals surface area contributed by atoms with Crippen molar-refractivity contribution in [3.8, 4) is 6.07 Å². The van der Waals surface area contributed by atoms with Crippen molar-refractivity contribution in [1.29, 1.82) is 5.26 Å². The van der Waals surface area contributed by atoms with Crippen molar-refractivity contribution >= 4 is 11.0 Å². The molecule has 0 aliphatic rings. The second-order valence-electron chi connectivity index (χ2n) is 4.93. The highest BCUT2D eigenvalue weighted by Gasteiger charge is 2.22. The maximum atomic E-state index is 8.88. The topological polar surface area (TPSA) is 54.5 Å². The molecular weight excluding hydrogens is 200 g/mol. The molecule has 0 bridgehead atoms. The molecule has 0 saturated carbocycles. The Morgan fingerprint density at radius 3 is 2.62 bits per heavy atom. The molecule has 0 fully saturated rings. The third kappa shape index (κ3) is 1.54. The second-order valence-corrected chi connectivity index (χ2v) is 4.93. The summed E-state index contributed by atoms with van der Waals surface area (Å²) in [6.07, 6.45) is 1.58. The van der Waals surface area contributed by atoms with Crippen LogP contribution in [0.25, 0.3) is 11.0 Å². The number of aromatic nitrogens is 3. The molecule has 2 rings (SSSR count). The zero-order valence-electron chi connectivity index (χ0n) is 9.94. The first-order chi connectivity index (χ1) is 7.43. The first-order valence-corrected chi connectivity index (χ1v) is 5.17. The van der Waals surface area contributed by atoms with Crippen LogP contribution in [-0.2, 0) is 12.5 Å². The normalized spacial score (nSPS) is 11.7. The molecule has 0 aromatic carbocycles. The molecule has 0 N–H and O–H groups in total. The predicted octanol–water partition coefficient (Wildman–Crippen LogP) is 2.14. The third-order valence-corrected chi connectivity index (χ3v) is 2.52. The molecule has 16 heavy (non-hydrogen) atoms. The second kappa shape index (κ2) is 3.31. The van der Waals surface area contributed by atoms with E-state index >= 15 is 0 Å². The first kappa shape index (κ1) is 10.6. The molecule has 4 heteroatoms.